The first-order chi connectivity index (χ1) is 9.19. The molecule has 5 heteroatoms. The first kappa shape index (κ1) is 13.7. The number of carbonyl (C=O) groups excluding carboxylic acids is 1. The van der Waals surface area contributed by atoms with E-state index in [1.54, 1.807) is 12.1 Å². The molecule has 2 aromatic rings. The molecule has 4 nitrogen and oxygen atoms in total. The van der Waals surface area contributed by atoms with E-state index < -0.39 is 0 Å². The van der Waals surface area contributed by atoms with E-state index in [1.807, 2.05) is 24.3 Å². The Morgan fingerprint density at radius 2 is 1.84 bits per heavy atom. The summed E-state index contributed by atoms with van der Waals surface area (Å²) >= 11 is 3.22. The van der Waals surface area contributed by atoms with Crippen molar-refractivity contribution in [3.8, 4) is 0 Å². The zero-order valence-electron chi connectivity index (χ0n) is 10.1. The number of hydrogen-bond donors (Lipinski definition) is 2. The van der Waals surface area contributed by atoms with E-state index in [0.717, 1.165) is 11.1 Å². The van der Waals surface area contributed by atoms with Crippen LogP contribution >= 0.6 is 15.9 Å². The first-order valence-corrected chi connectivity index (χ1v) is 6.57. The SMILES string of the molecule is O=C(NCc1ccc(CO)cc1)c1ccc(Br)nc1. The number of pyridine rings is 1. The van der Waals surface area contributed by atoms with Crippen LogP contribution in [0.15, 0.2) is 47.2 Å². The molecule has 0 saturated carbocycles. The first-order valence-electron chi connectivity index (χ1n) is 5.77. The second kappa shape index (κ2) is 6.45. The number of halogens is 1. The van der Waals surface area contributed by atoms with Crippen molar-refractivity contribution < 1.29 is 9.90 Å². The Morgan fingerprint density at radius 3 is 2.42 bits per heavy atom. The van der Waals surface area contributed by atoms with E-state index in [0.29, 0.717) is 16.7 Å². The maximum atomic E-state index is 11.8. The van der Waals surface area contributed by atoms with Gasteiger partial charge in [0, 0.05) is 12.7 Å². The third-order valence-electron chi connectivity index (χ3n) is 2.65. The van der Waals surface area contributed by atoms with Crippen molar-refractivity contribution in [2.24, 2.45) is 0 Å². The number of aliphatic hydroxyl groups excluding tert-OH is 1. The molecule has 1 aromatic carbocycles. The van der Waals surface area contributed by atoms with E-state index in [2.05, 4.69) is 26.2 Å². The number of carbonyl (C=O) groups is 1. The fraction of sp³-hybridized carbons (Fsp3) is 0.143. The highest BCUT2D eigenvalue weighted by Crippen LogP contribution is 2.07. The van der Waals surface area contributed by atoms with Crippen LogP contribution in [0.4, 0.5) is 0 Å². The van der Waals surface area contributed by atoms with Crippen LogP contribution in [0.1, 0.15) is 21.5 Å². The molecule has 0 aliphatic rings. The van der Waals surface area contributed by atoms with Gasteiger partial charge in [0.05, 0.1) is 12.2 Å². The van der Waals surface area contributed by atoms with E-state index in [9.17, 15) is 4.79 Å². The van der Waals surface area contributed by atoms with Gasteiger partial charge in [-0.05, 0) is 39.2 Å². The maximum absolute atomic E-state index is 11.8. The minimum atomic E-state index is -0.161. The van der Waals surface area contributed by atoms with Gasteiger partial charge in [-0.2, -0.15) is 0 Å². The Labute approximate surface area is 119 Å². The third kappa shape index (κ3) is 3.87. The maximum Gasteiger partial charge on any atom is 0.253 e. The number of amides is 1. The number of nitrogens with zero attached hydrogens (tertiary/aromatic N) is 1. The zero-order valence-corrected chi connectivity index (χ0v) is 11.7. The predicted octanol–water partition coefficient (Wildman–Crippen LogP) is 2.27. The molecular formula is C14H13BrN2O2. The van der Waals surface area contributed by atoms with Crippen LogP contribution in [0.25, 0.3) is 0 Å². The number of aromatic nitrogens is 1. The summed E-state index contributed by atoms with van der Waals surface area (Å²) in [5, 5.41) is 11.8. The van der Waals surface area contributed by atoms with Crippen molar-refractivity contribution in [3.63, 3.8) is 0 Å². The lowest BCUT2D eigenvalue weighted by Gasteiger charge is -2.06. The topological polar surface area (TPSA) is 62.2 Å². The summed E-state index contributed by atoms with van der Waals surface area (Å²) in [4.78, 5) is 15.9. The van der Waals surface area contributed by atoms with Gasteiger partial charge in [-0.25, -0.2) is 4.98 Å². The number of nitrogens with one attached hydrogen (secondary N) is 1. The lowest BCUT2D eigenvalue weighted by molar-refractivity contribution is 0.0950. The molecular weight excluding hydrogens is 308 g/mol. The van der Waals surface area contributed by atoms with Crippen molar-refractivity contribution in [3.05, 3.63) is 63.9 Å². The van der Waals surface area contributed by atoms with Crippen LogP contribution in [-0.4, -0.2) is 16.0 Å². The largest absolute Gasteiger partial charge is 0.392 e. The lowest BCUT2D eigenvalue weighted by Crippen LogP contribution is -2.22. The summed E-state index contributed by atoms with van der Waals surface area (Å²) in [6, 6.07) is 10.9. The summed E-state index contributed by atoms with van der Waals surface area (Å²) in [6.45, 7) is 0.470. The molecule has 1 heterocycles. The molecule has 1 amide bonds. The van der Waals surface area contributed by atoms with Gasteiger partial charge in [-0.3, -0.25) is 4.79 Å². The molecule has 0 spiro atoms. The van der Waals surface area contributed by atoms with Crippen molar-refractivity contribution in [1.29, 1.82) is 0 Å². The van der Waals surface area contributed by atoms with Gasteiger partial charge in [0.15, 0.2) is 0 Å². The van der Waals surface area contributed by atoms with Crippen molar-refractivity contribution in [2.45, 2.75) is 13.2 Å². The lowest BCUT2D eigenvalue weighted by atomic mass is 10.1. The van der Waals surface area contributed by atoms with Crippen LogP contribution in [0.5, 0.6) is 0 Å². The standard InChI is InChI=1S/C14H13BrN2O2/c15-13-6-5-12(8-16-13)14(19)17-7-10-1-3-11(9-18)4-2-10/h1-6,8,18H,7,9H2,(H,17,19). The van der Waals surface area contributed by atoms with Gasteiger partial charge in [-0.15, -0.1) is 0 Å². The van der Waals surface area contributed by atoms with Crippen molar-refractivity contribution in [2.75, 3.05) is 0 Å². The van der Waals surface area contributed by atoms with Crippen LogP contribution in [-0.2, 0) is 13.2 Å². The molecule has 19 heavy (non-hydrogen) atoms. The molecule has 98 valence electrons. The normalized spacial score (nSPS) is 10.2. The third-order valence-corrected chi connectivity index (χ3v) is 3.12. The van der Waals surface area contributed by atoms with E-state index in [-0.39, 0.29) is 12.5 Å². The zero-order chi connectivity index (χ0) is 13.7. The minimum absolute atomic E-state index is 0.0250. The average Bonchev–Trinajstić information content (AvgIpc) is 2.46. The highest BCUT2D eigenvalue weighted by Gasteiger charge is 2.05. The summed E-state index contributed by atoms with van der Waals surface area (Å²) in [5.74, 6) is -0.161. The number of benzene rings is 1. The van der Waals surface area contributed by atoms with Crippen LogP contribution in [0.2, 0.25) is 0 Å². The van der Waals surface area contributed by atoms with Crippen molar-refractivity contribution >= 4 is 21.8 Å². The van der Waals surface area contributed by atoms with Crippen LogP contribution in [0.3, 0.4) is 0 Å². The fourth-order valence-corrected chi connectivity index (χ4v) is 1.79. The minimum Gasteiger partial charge on any atom is -0.392 e. The Bertz CT molecular complexity index is 553. The summed E-state index contributed by atoms with van der Waals surface area (Å²) in [6.07, 6.45) is 1.52. The Kier molecular flexibility index (Phi) is 4.65. The second-order valence-electron chi connectivity index (χ2n) is 4.03. The molecule has 0 radical (unpaired) electrons. The van der Waals surface area contributed by atoms with Crippen LogP contribution < -0.4 is 5.32 Å². The van der Waals surface area contributed by atoms with Gasteiger partial charge in [0.1, 0.15) is 4.60 Å². The summed E-state index contributed by atoms with van der Waals surface area (Å²) in [7, 11) is 0. The average molecular weight is 321 g/mol. The molecule has 0 aliphatic carbocycles. The molecule has 2 rings (SSSR count). The van der Waals surface area contributed by atoms with Crippen LogP contribution in [0, 0.1) is 0 Å². The van der Waals surface area contributed by atoms with Gasteiger partial charge < -0.3 is 10.4 Å². The fourth-order valence-electron chi connectivity index (χ4n) is 1.56. The Hall–Kier alpha value is -1.72. The van der Waals surface area contributed by atoms with E-state index >= 15 is 0 Å². The van der Waals surface area contributed by atoms with Gasteiger partial charge in [-0.1, -0.05) is 24.3 Å². The molecule has 0 atom stereocenters. The highest BCUT2D eigenvalue weighted by molar-refractivity contribution is 9.10. The second-order valence-corrected chi connectivity index (χ2v) is 4.84. The molecule has 0 unspecified atom stereocenters. The van der Waals surface area contributed by atoms with E-state index in [1.165, 1.54) is 6.20 Å². The summed E-state index contributed by atoms with van der Waals surface area (Å²) in [5.41, 5.74) is 2.36. The molecule has 0 fully saturated rings. The van der Waals surface area contributed by atoms with Gasteiger partial charge in [0.2, 0.25) is 0 Å². The summed E-state index contributed by atoms with van der Waals surface area (Å²) < 4.78 is 0.698. The number of hydrogen-bond acceptors (Lipinski definition) is 3. The van der Waals surface area contributed by atoms with E-state index in [4.69, 9.17) is 5.11 Å². The van der Waals surface area contributed by atoms with Gasteiger partial charge >= 0.3 is 0 Å². The number of rotatable bonds is 4. The number of aliphatic hydroxyl groups is 1. The molecule has 0 bridgehead atoms. The highest BCUT2D eigenvalue weighted by atomic mass is 79.9. The smallest absolute Gasteiger partial charge is 0.253 e. The van der Waals surface area contributed by atoms with Gasteiger partial charge in [0.25, 0.3) is 5.91 Å². The Balaban J connectivity index is 1.94. The predicted molar refractivity (Wildman–Crippen MR) is 75.5 cm³/mol. The molecule has 0 saturated heterocycles. The Morgan fingerprint density at radius 1 is 1.16 bits per heavy atom. The molecule has 1 aromatic heterocycles. The monoisotopic (exact) mass is 320 g/mol. The molecule has 0 aliphatic heterocycles. The quantitative estimate of drug-likeness (QED) is 0.849. The molecule has 2 N–H and O–H groups in total. The van der Waals surface area contributed by atoms with Crippen molar-refractivity contribution in [1.82, 2.24) is 10.3 Å².